The molecule has 46 heavy (non-hydrogen) atoms. The Morgan fingerprint density at radius 2 is 1.20 bits per heavy atom. The van der Waals surface area contributed by atoms with Crippen molar-refractivity contribution in [2.45, 2.75) is 38.0 Å². The van der Waals surface area contributed by atoms with Gasteiger partial charge in [-0.3, -0.25) is 34.4 Å². The van der Waals surface area contributed by atoms with E-state index >= 15 is 0 Å². The highest BCUT2D eigenvalue weighted by molar-refractivity contribution is 6.17. The zero-order chi connectivity index (χ0) is 32.3. The SMILES string of the molecule is O=C(CCCCCCNC(=O)c1ccc(C(C(=O)Nc2cccc3cccnc23)C(=O)Nc2cccc3cccnc23)cc1)NO. The summed E-state index contributed by atoms with van der Waals surface area (Å²) in [4.78, 5) is 60.4. The average Bonchev–Trinajstić information content (AvgIpc) is 3.08. The number of unbranched alkanes of at least 4 members (excludes halogenated alkanes) is 3. The number of nitrogens with zero attached hydrogens (tertiary/aromatic N) is 2. The standard InChI is InChI=1S/C35H34N6O5/c42-29(41-46)15-3-1-2-4-20-38-33(43)26-18-16-23(17-19-26)30(34(44)39-27-13-5-9-24-11-7-21-36-31(24)27)35(45)40-28-14-6-10-25-12-8-22-37-32(25)28/h5-14,16-19,21-22,30,46H,1-4,15,20H2,(H,38,43)(H,39,44)(H,40,45)(H,41,42). The second-order valence-corrected chi connectivity index (χ2v) is 10.8. The minimum Gasteiger partial charge on any atom is -0.352 e. The summed E-state index contributed by atoms with van der Waals surface area (Å²) in [6, 6.07) is 24.6. The Balaban J connectivity index is 1.31. The molecular formula is C35H34N6O5. The summed E-state index contributed by atoms with van der Waals surface area (Å²) in [7, 11) is 0. The molecule has 0 fully saturated rings. The van der Waals surface area contributed by atoms with Crippen LogP contribution in [0.4, 0.5) is 11.4 Å². The molecule has 0 unspecified atom stereocenters. The maximum atomic E-state index is 13.8. The van der Waals surface area contributed by atoms with Crippen molar-refractivity contribution in [2.75, 3.05) is 17.2 Å². The summed E-state index contributed by atoms with van der Waals surface area (Å²) in [5.41, 5.74) is 4.54. The summed E-state index contributed by atoms with van der Waals surface area (Å²) in [6.45, 7) is 0.457. The van der Waals surface area contributed by atoms with Crippen LogP contribution in [0.25, 0.3) is 21.8 Å². The molecule has 0 radical (unpaired) electrons. The predicted octanol–water partition coefficient (Wildman–Crippen LogP) is 5.33. The van der Waals surface area contributed by atoms with Gasteiger partial charge in [0.15, 0.2) is 0 Å². The number of aromatic nitrogens is 2. The van der Waals surface area contributed by atoms with E-state index in [2.05, 4.69) is 25.9 Å². The lowest BCUT2D eigenvalue weighted by molar-refractivity contribution is -0.129. The molecule has 0 atom stereocenters. The predicted molar refractivity (Wildman–Crippen MR) is 175 cm³/mol. The van der Waals surface area contributed by atoms with Crippen molar-refractivity contribution in [3.05, 3.63) is 108 Å². The number of hydroxylamine groups is 1. The second-order valence-electron chi connectivity index (χ2n) is 10.8. The number of amides is 4. The molecule has 0 saturated heterocycles. The van der Waals surface area contributed by atoms with Crippen LogP contribution in [0.3, 0.4) is 0 Å². The van der Waals surface area contributed by atoms with Gasteiger partial charge in [0.2, 0.25) is 17.7 Å². The van der Waals surface area contributed by atoms with Crippen LogP contribution < -0.4 is 21.4 Å². The van der Waals surface area contributed by atoms with Crippen LogP contribution in [0.5, 0.6) is 0 Å². The van der Waals surface area contributed by atoms with Crippen molar-refractivity contribution >= 4 is 56.8 Å². The normalized spacial score (nSPS) is 10.9. The molecule has 11 heteroatoms. The number of carbonyl (C=O) groups excluding carboxylic acids is 4. The van der Waals surface area contributed by atoms with Crippen molar-refractivity contribution in [1.82, 2.24) is 20.8 Å². The molecule has 0 aliphatic rings. The quantitative estimate of drug-likeness (QED) is 0.0516. The summed E-state index contributed by atoms with van der Waals surface area (Å²) in [5, 5.41) is 18.9. The minimum absolute atomic E-state index is 0.254. The maximum Gasteiger partial charge on any atom is 0.251 e. The zero-order valence-electron chi connectivity index (χ0n) is 25.0. The van der Waals surface area contributed by atoms with Crippen molar-refractivity contribution in [3.63, 3.8) is 0 Å². The van der Waals surface area contributed by atoms with Gasteiger partial charge in [0.25, 0.3) is 5.91 Å². The van der Waals surface area contributed by atoms with Crippen LogP contribution in [0.2, 0.25) is 0 Å². The molecule has 234 valence electrons. The fourth-order valence-electron chi connectivity index (χ4n) is 5.19. The minimum atomic E-state index is -1.26. The van der Waals surface area contributed by atoms with Crippen LogP contribution in [-0.4, -0.2) is 45.3 Å². The van der Waals surface area contributed by atoms with E-state index in [-0.39, 0.29) is 12.3 Å². The maximum absolute atomic E-state index is 13.8. The van der Waals surface area contributed by atoms with Crippen LogP contribution in [-0.2, 0) is 14.4 Å². The number of pyridine rings is 2. The summed E-state index contributed by atoms with van der Waals surface area (Å²) in [5.74, 6) is -3.07. The van der Waals surface area contributed by atoms with E-state index in [9.17, 15) is 19.2 Å². The van der Waals surface area contributed by atoms with Crippen LogP contribution in [0, 0.1) is 0 Å². The Labute approximate surface area is 265 Å². The summed E-state index contributed by atoms with van der Waals surface area (Å²) in [6.07, 6.45) is 6.54. The first kappa shape index (κ1) is 31.7. The molecule has 0 aliphatic carbocycles. The van der Waals surface area contributed by atoms with Gasteiger partial charge in [0, 0.05) is 41.7 Å². The van der Waals surface area contributed by atoms with Gasteiger partial charge in [-0.25, -0.2) is 5.48 Å². The lowest BCUT2D eigenvalue weighted by Gasteiger charge is -2.19. The average molecular weight is 619 g/mol. The first-order valence-electron chi connectivity index (χ1n) is 15.0. The van der Waals surface area contributed by atoms with E-state index in [1.807, 2.05) is 36.4 Å². The van der Waals surface area contributed by atoms with E-state index in [1.54, 1.807) is 66.4 Å². The monoisotopic (exact) mass is 618 g/mol. The lowest BCUT2D eigenvalue weighted by atomic mass is 9.95. The molecule has 0 saturated carbocycles. The van der Waals surface area contributed by atoms with E-state index in [0.29, 0.717) is 46.5 Å². The molecule has 4 amide bonds. The van der Waals surface area contributed by atoms with Crippen molar-refractivity contribution in [1.29, 1.82) is 0 Å². The fourth-order valence-corrected chi connectivity index (χ4v) is 5.19. The van der Waals surface area contributed by atoms with Gasteiger partial charge in [-0.05, 0) is 54.8 Å². The third kappa shape index (κ3) is 7.88. The molecule has 5 N–H and O–H groups in total. The molecule has 2 aromatic heterocycles. The van der Waals surface area contributed by atoms with Crippen LogP contribution in [0.15, 0.2) is 97.3 Å². The number of hydrogen-bond acceptors (Lipinski definition) is 7. The molecule has 0 bridgehead atoms. The summed E-state index contributed by atoms with van der Waals surface area (Å²) >= 11 is 0. The van der Waals surface area contributed by atoms with Crippen molar-refractivity contribution < 1.29 is 24.4 Å². The van der Waals surface area contributed by atoms with Crippen molar-refractivity contribution in [2.24, 2.45) is 0 Å². The third-order valence-corrected chi connectivity index (χ3v) is 7.55. The first-order chi connectivity index (χ1) is 22.4. The highest BCUT2D eigenvalue weighted by atomic mass is 16.5. The summed E-state index contributed by atoms with van der Waals surface area (Å²) < 4.78 is 0. The number of para-hydroxylation sites is 2. The van der Waals surface area contributed by atoms with E-state index in [1.165, 1.54) is 0 Å². The Morgan fingerprint density at radius 1 is 0.652 bits per heavy atom. The Morgan fingerprint density at radius 3 is 1.76 bits per heavy atom. The van der Waals surface area contributed by atoms with Gasteiger partial charge >= 0.3 is 0 Å². The smallest absolute Gasteiger partial charge is 0.251 e. The largest absolute Gasteiger partial charge is 0.352 e. The highest BCUT2D eigenvalue weighted by Crippen LogP contribution is 2.27. The molecule has 2 heterocycles. The van der Waals surface area contributed by atoms with Gasteiger partial charge < -0.3 is 16.0 Å². The number of rotatable bonds is 13. The Bertz CT molecular complexity index is 1760. The number of fused-ring (bicyclic) bond motifs is 2. The number of anilines is 2. The molecule has 11 nitrogen and oxygen atoms in total. The molecule has 0 spiro atoms. The number of carbonyl (C=O) groups is 4. The molecular weight excluding hydrogens is 584 g/mol. The molecule has 0 aliphatic heterocycles. The van der Waals surface area contributed by atoms with E-state index in [4.69, 9.17) is 5.21 Å². The topological polar surface area (TPSA) is 162 Å². The molecule has 5 aromatic rings. The second kappa shape index (κ2) is 15.4. The Kier molecular flexibility index (Phi) is 10.6. The van der Waals surface area contributed by atoms with Crippen LogP contribution >= 0.6 is 0 Å². The van der Waals surface area contributed by atoms with Gasteiger partial charge in [-0.1, -0.05) is 61.4 Å². The lowest BCUT2D eigenvalue weighted by Crippen LogP contribution is -2.32. The van der Waals surface area contributed by atoms with Gasteiger partial charge in [0.05, 0.1) is 22.4 Å². The third-order valence-electron chi connectivity index (χ3n) is 7.55. The van der Waals surface area contributed by atoms with Gasteiger partial charge in [0.1, 0.15) is 5.92 Å². The number of nitrogens with one attached hydrogen (secondary N) is 4. The fraction of sp³-hybridized carbons (Fsp3) is 0.200. The van der Waals surface area contributed by atoms with Crippen LogP contribution in [0.1, 0.15) is 53.9 Å². The van der Waals surface area contributed by atoms with Gasteiger partial charge in [-0.2, -0.15) is 0 Å². The first-order valence-corrected chi connectivity index (χ1v) is 15.0. The molecule has 3 aromatic carbocycles. The number of hydrogen-bond donors (Lipinski definition) is 5. The van der Waals surface area contributed by atoms with E-state index in [0.717, 1.165) is 30.0 Å². The number of benzene rings is 3. The zero-order valence-corrected chi connectivity index (χ0v) is 25.0. The molecule has 5 rings (SSSR count). The van der Waals surface area contributed by atoms with Crippen molar-refractivity contribution in [3.8, 4) is 0 Å². The van der Waals surface area contributed by atoms with Gasteiger partial charge in [-0.15, -0.1) is 0 Å². The Hall–Kier alpha value is -5.68. The highest BCUT2D eigenvalue weighted by Gasteiger charge is 2.30. The van der Waals surface area contributed by atoms with E-state index < -0.39 is 23.6 Å².